The van der Waals surface area contributed by atoms with E-state index in [-0.39, 0.29) is 5.91 Å². The summed E-state index contributed by atoms with van der Waals surface area (Å²) in [6.45, 7) is 3.04. The molecule has 84 valence electrons. The van der Waals surface area contributed by atoms with Gasteiger partial charge in [-0.15, -0.1) is 11.7 Å². The minimum atomic E-state index is 0.155. The lowest BCUT2D eigenvalue weighted by molar-refractivity contribution is -0.120. The molecule has 0 atom stereocenters. The van der Waals surface area contributed by atoms with Crippen molar-refractivity contribution in [3.8, 4) is 0 Å². The predicted molar refractivity (Wildman–Crippen MR) is 67.8 cm³/mol. The molecule has 0 fully saturated rings. The molecule has 0 aliphatic carbocycles. The van der Waals surface area contributed by atoms with Gasteiger partial charge in [0, 0.05) is 18.7 Å². The van der Waals surface area contributed by atoms with E-state index in [2.05, 4.69) is 23.9 Å². The van der Waals surface area contributed by atoms with E-state index in [0.717, 1.165) is 18.7 Å². The summed E-state index contributed by atoms with van der Waals surface area (Å²) in [5.74, 6) is 0.951. The number of carbonyl (C=O) groups excluding carboxylic acids is 1. The van der Waals surface area contributed by atoms with Crippen LogP contribution in [0.3, 0.4) is 0 Å². The van der Waals surface area contributed by atoms with Crippen molar-refractivity contribution in [3.63, 3.8) is 0 Å². The topological polar surface area (TPSA) is 29.1 Å². The molecule has 0 aliphatic heterocycles. The number of thiol groups is 1. The van der Waals surface area contributed by atoms with Crippen molar-refractivity contribution in [1.29, 1.82) is 0 Å². The van der Waals surface area contributed by atoms with Crippen molar-refractivity contribution in [1.82, 2.24) is 5.32 Å². The van der Waals surface area contributed by atoms with Gasteiger partial charge in [0.2, 0.25) is 5.91 Å². The maximum atomic E-state index is 11.1. The monoisotopic (exact) mass is 235 g/mol. The molecule has 1 N–H and O–H groups in total. The van der Waals surface area contributed by atoms with Crippen LogP contribution in [0.4, 0.5) is 0 Å². The fraction of sp³-hybridized carbons (Fsp3) is 0.900. The van der Waals surface area contributed by atoms with Gasteiger partial charge in [-0.2, -0.15) is 0 Å². The molecule has 0 saturated heterocycles. The molecule has 0 rings (SSSR count). The minimum Gasteiger partial charge on any atom is -0.356 e. The van der Waals surface area contributed by atoms with Crippen molar-refractivity contribution in [2.24, 2.45) is 0 Å². The third-order valence-corrected chi connectivity index (χ3v) is 2.96. The van der Waals surface area contributed by atoms with Crippen molar-refractivity contribution in [3.05, 3.63) is 0 Å². The quantitative estimate of drug-likeness (QED) is 0.365. The predicted octanol–water partition coefficient (Wildman–Crippen LogP) is 3.04. The third-order valence-electron chi connectivity index (χ3n) is 2.02. The van der Waals surface area contributed by atoms with E-state index in [4.69, 9.17) is 0 Å². The van der Waals surface area contributed by atoms with Crippen LogP contribution in [0.5, 0.6) is 0 Å². The highest BCUT2D eigenvalue weighted by molar-refractivity contribution is 8.68. The van der Waals surface area contributed by atoms with Gasteiger partial charge >= 0.3 is 0 Å². The van der Waals surface area contributed by atoms with Crippen LogP contribution in [0.1, 0.15) is 45.4 Å². The molecule has 0 bridgehead atoms. The Bertz CT molecular complexity index is 142. The second kappa shape index (κ2) is 11.2. The molecule has 0 heterocycles. The number of amides is 1. The Morgan fingerprint density at radius 2 is 2.00 bits per heavy atom. The molecule has 0 aromatic carbocycles. The van der Waals surface area contributed by atoms with Crippen molar-refractivity contribution >= 4 is 28.4 Å². The number of unbranched alkanes of at least 4 members (excludes halogenated alkanes) is 4. The summed E-state index contributed by atoms with van der Waals surface area (Å²) in [7, 11) is 1.41. The van der Waals surface area contributed by atoms with Crippen LogP contribution in [-0.4, -0.2) is 18.2 Å². The summed E-state index contributed by atoms with van der Waals surface area (Å²) in [4.78, 5) is 11.1. The maximum absolute atomic E-state index is 11.1. The molecule has 14 heavy (non-hydrogen) atoms. The summed E-state index contributed by atoms with van der Waals surface area (Å²) in [5, 5.41) is 2.91. The average Bonchev–Trinajstić information content (AvgIpc) is 2.20. The molecule has 0 aliphatic rings. The lowest BCUT2D eigenvalue weighted by Crippen LogP contribution is -2.24. The number of nitrogens with one attached hydrogen (secondary N) is 1. The molecule has 0 unspecified atom stereocenters. The first-order valence-corrected chi connectivity index (χ1v) is 7.38. The first-order chi connectivity index (χ1) is 6.81. The molecule has 0 radical (unpaired) electrons. The zero-order valence-corrected chi connectivity index (χ0v) is 10.6. The number of carbonyl (C=O) groups is 1. The van der Waals surface area contributed by atoms with Gasteiger partial charge in [-0.3, -0.25) is 4.79 Å². The molecular weight excluding hydrogens is 214 g/mol. The standard InChI is InChI=1S/C10H21NOS2/c1-2-3-4-5-6-8-11-10(12)7-9-14-13/h13H,2-9H2,1H3,(H,11,12). The van der Waals surface area contributed by atoms with Gasteiger partial charge in [0.15, 0.2) is 0 Å². The van der Waals surface area contributed by atoms with E-state index < -0.39 is 0 Å². The van der Waals surface area contributed by atoms with Crippen LogP contribution in [-0.2, 0) is 4.79 Å². The van der Waals surface area contributed by atoms with E-state index in [9.17, 15) is 4.79 Å². The normalized spacial score (nSPS) is 10.1. The second-order valence-corrected chi connectivity index (χ2v) is 4.79. The van der Waals surface area contributed by atoms with Gasteiger partial charge in [-0.25, -0.2) is 0 Å². The highest BCUT2D eigenvalue weighted by Gasteiger charge is 1.98. The van der Waals surface area contributed by atoms with Crippen molar-refractivity contribution in [2.75, 3.05) is 12.3 Å². The van der Waals surface area contributed by atoms with Gasteiger partial charge in [-0.05, 0) is 6.42 Å². The fourth-order valence-electron chi connectivity index (χ4n) is 1.18. The van der Waals surface area contributed by atoms with E-state index in [0.29, 0.717) is 6.42 Å². The number of hydrogen-bond acceptors (Lipinski definition) is 3. The summed E-state index contributed by atoms with van der Waals surface area (Å²) in [5.41, 5.74) is 0. The van der Waals surface area contributed by atoms with Crippen LogP contribution in [0.15, 0.2) is 0 Å². The van der Waals surface area contributed by atoms with Crippen LogP contribution in [0.2, 0.25) is 0 Å². The molecule has 0 aromatic rings. The van der Waals surface area contributed by atoms with Crippen molar-refractivity contribution in [2.45, 2.75) is 45.4 Å². The molecule has 4 heteroatoms. The lowest BCUT2D eigenvalue weighted by Gasteiger charge is -2.03. The van der Waals surface area contributed by atoms with E-state index >= 15 is 0 Å². The average molecular weight is 235 g/mol. The molecule has 1 amide bonds. The van der Waals surface area contributed by atoms with Gasteiger partial charge in [0.1, 0.15) is 0 Å². The fourth-order valence-corrected chi connectivity index (χ4v) is 1.73. The number of rotatable bonds is 9. The Kier molecular flexibility index (Phi) is 11.4. The molecular formula is C10H21NOS2. The van der Waals surface area contributed by atoms with Crippen LogP contribution >= 0.6 is 22.5 Å². The number of hydrogen-bond donors (Lipinski definition) is 2. The molecule has 2 nitrogen and oxygen atoms in total. The lowest BCUT2D eigenvalue weighted by atomic mass is 10.1. The summed E-state index contributed by atoms with van der Waals surface area (Å²) in [6.07, 6.45) is 6.80. The Morgan fingerprint density at radius 1 is 1.29 bits per heavy atom. The highest BCUT2D eigenvalue weighted by atomic mass is 33.1. The minimum absolute atomic E-state index is 0.155. The zero-order valence-electron chi connectivity index (χ0n) is 8.92. The van der Waals surface area contributed by atoms with Crippen molar-refractivity contribution < 1.29 is 4.79 Å². The van der Waals surface area contributed by atoms with E-state index in [1.54, 1.807) is 0 Å². The second-order valence-electron chi connectivity index (χ2n) is 3.35. The van der Waals surface area contributed by atoms with Gasteiger partial charge in [0.05, 0.1) is 0 Å². The Hall–Kier alpha value is 0.170. The van der Waals surface area contributed by atoms with Gasteiger partial charge in [0.25, 0.3) is 0 Å². The SMILES string of the molecule is CCCCCCCNC(=O)CCSS. The summed E-state index contributed by atoms with van der Waals surface area (Å²) >= 11 is 3.98. The first-order valence-electron chi connectivity index (χ1n) is 5.34. The van der Waals surface area contributed by atoms with Crippen LogP contribution in [0, 0.1) is 0 Å². The van der Waals surface area contributed by atoms with Gasteiger partial charge in [-0.1, -0.05) is 43.4 Å². The van der Waals surface area contributed by atoms with E-state index in [1.165, 1.54) is 36.5 Å². The first kappa shape index (κ1) is 14.2. The Balaban J connectivity index is 3.07. The molecule has 0 aromatic heterocycles. The van der Waals surface area contributed by atoms with Gasteiger partial charge < -0.3 is 5.32 Å². The highest BCUT2D eigenvalue weighted by Crippen LogP contribution is 2.05. The Labute approximate surface area is 96.4 Å². The smallest absolute Gasteiger partial charge is 0.220 e. The van der Waals surface area contributed by atoms with E-state index in [1.807, 2.05) is 0 Å². The molecule has 0 saturated carbocycles. The third kappa shape index (κ3) is 10.3. The Morgan fingerprint density at radius 3 is 2.64 bits per heavy atom. The maximum Gasteiger partial charge on any atom is 0.220 e. The largest absolute Gasteiger partial charge is 0.356 e. The van der Waals surface area contributed by atoms with Crippen LogP contribution in [0.25, 0.3) is 0 Å². The summed E-state index contributed by atoms with van der Waals surface area (Å²) in [6, 6.07) is 0. The summed E-state index contributed by atoms with van der Waals surface area (Å²) < 4.78 is 0. The van der Waals surface area contributed by atoms with Crippen LogP contribution < -0.4 is 5.32 Å². The molecule has 0 spiro atoms. The zero-order chi connectivity index (χ0) is 10.6.